The van der Waals surface area contributed by atoms with E-state index in [4.69, 9.17) is 4.74 Å². The molecule has 0 unspecified atom stereocenters. The summed E-state index contributed by atoms with van der Waals surface area (Å²) in [5.41, 5.74) is 0.0663. The van der Waals surface area contributed by atoms with Gasteiger partial charge in [0.2, 0.25) is 0 Å². The van der Waals surface area contributed by atoms with Crippen molar-refractivity contribution in [1.82, 2.24) is 9.80 Å². The average molecular weight is 406 g/mol. The molecule has 0 aromatic heterocycles. The van der Waals surface area contributed by atoms with Crippen LogP contribution in [0, 0.1) is 5.82 Å². The summed E-state index contributed by atoms with van der Waals surface area (Å²) in [7, 11) is 0. The Labute approximate surface area is 174 Å². The van der Waals surface area contributed by atoms with Gasteiger partial charge in [0.25, 0.3) is 11.8 Å². The molecule has 1 aliphatic rings. The third-order valence-corrected chi connectivity index (χ3v) is 5.34. The molecule has 0 N–H and O–H groups in total. The summed E-state index contributed by atoms with van der Waals surface area (Å²) < 4.78 is 19.8. The number of carbonyl (C=O) groups excluding carboxylic acids is 2. The van der Waals surface area contributed by atoms with Crippen LogP contribution in [0.2, 0.25) is 0 Å². The maximum absolute atomic E-state index is 13.9. The summed E-state index contributed by atoms with van der Waals surface area (Å²) in [5, 5.41) is 2.02. The highest BCUT2D eigenvalue weighted by atomic mass is 19.1. The van der Waals surface area contributed by atoms with Gasteiger partial charge in [0.05, 0.1) is 5.56 Å². The standard InChI is InChI=1S/C24H23FN2O3/c25-21-11-4-3-10-20(21)24(29)27-14-6-13-26(15-16-27)23(28)17-30-22-12-5-8-18-7-1-2-9-19(18)22/h1-5,7-12H,6,13-17H2. The number of rotatable bonds is 4. The molecule has 30 heavy (non-hydrogen) atoms. The summed E-state index contributed by atoms with van der Waals surface area (Å²) in [4.78, 5) is 28.7. The van der Waals surface area contributed by atoms with E-state index in [1.54, 1.807) is 21.9 Å². The fraction of sp³-hybridized carbons (Fsp3) is 0.250. The largest absolute Gasteiger partial charge is 0.483 e. The van der Waals surface area contributed by atoms with Crippen LogP contribution in [0.3, 0.4) is 0 Å². The molecule has 0 bridgehead atoms. The van der Waals surface area contributed by atoms with Crippen LogP contribution in [-0.2, 0) is 4.79 Å². The number of carbonyl (C=O) groups is 2. The van der Waals surface area contributed by atoms with Gasteiger partial charge in [0.1, 0.15) is 11.6 Å². The fourth-order valence-electron chi connectivity index (χ4n) is 3.73. The van der Waals surface area contributed by atoms with Crippen molar-refractivity contribution in [2.75, 3.05) is 32.8 Å². The molecule has 0 spiro atoms. The smallest absolute Gasteiger partial charge is 0.260 e. The molecular weight excluding hydrogens is 383 g/mol. The fourth-order valence-corrected chi connectivity index (χ4v) is 3.73. The summed E-state index contributed by atoms with van der Waals surface area (Å²) >= 11 is 0. The molecular formula is C24H23FN2O3. The molecule has 0 radical (unpaired) electrons. The first kappa shape index (κ1) is 19.9. The molecule has 0 saturated carbocycles. The van der Waals surface area contributed by atoms with Gasteiger partial charge in [0.15, 0.2) is 6.61 Å². The number of nitrogens with zero attached hydrogens (tertiary/aromatic N) is 2. The predicted molar refractivity (Wildman–Crippen MR) is 113 cm³/mol. The molecule has 0 atom stereocenters. The molecule has 4 rings (SSSR count). The first-order valence-corrected chi connectivity index (χ1v) is 10.1. The minimum Gasteiger partial charge on any atom is -0.483 e. The van der Waals surface area contributed by atoms with Crippen LogP contribution in [0.25, 0.3) is 10.8 Å². The number of hydrogen-bond donors (Lipinski definition) is 0. The van der Waals surface area contributed by atoms with E-state index in [1.807, 2.05) is 42.5 Å². The lowest BCUT2D eigenvalue weighted by molar-refractivity contribution is -0.133. The molecule has 3 aromatic carbocycles. The van der Waals surface area contributed by atoms with Gasteiger partial charge < -0.3 is 14.5 Å². The summed E-state index contributed by atoms with van der Waals surface area (Å²) in [6, 6.07) is 19.6. The SMILES string of the molecule is O=C(COc1cccc2ccccc12)N1CCCN(C(=O)c2ccccc2F)CC1. The van der Waals surface area contributed by atoms with Crippen molar-refractivity contribution in [2.24, 2.45) is 0 Å². The highest BCUT2D eigenvalue weighted by molar-refractivity contribution is 5.94. The topological polar surface area (TPSA) is 49.9 Å². The van der Waals surface area contributed by atoms with E-state index in [1.165, 1.54) is 12.1 Å². The van der Waals surface area contributed by atoms with Crippen LogP contribution in [0.1, 0.15) is 16.8 Å². The maximum atomic E-state index is 13.9. The normalized spacial score (nSPS) is 14.4. The third kappa shape index (κ3) is 4.27. The first-order valence-electron chi connectivity index (χ1n) is 10.1. The number of hydrogen-bond acceptors (Lipinski definition) is 3. The second-order valence-corrected chi connectivity index (χ2v) is 7.27. The van der Waals surface area contributed by atoms with Gasteiger partial charge in [-0.2, -0.15) is 0 Å². The van der Waals surface area contributed by atoms with Crippen molar-refractivity contribution in [2.45, 2.75) is 6.42 Å². The van der Waals surface area contributed by atoms with E-state index in [2.05, 4.69) is 0 Å². The lowest BCUT2D eigenvalue weighted by atomic mass is 10.1. The van der Waals surface area contributed by atoms with Crippen molar-refractivity contribution in [1.29, 1.82) is 0 Å². The Kier molecular flexibility index (Phi) is 5.93. The quantitative estimate of drug-likeness (QED) is 0.663. The van der Waals surface area contributed by atoms with Crippen LogP contribution in [-0.4, -0.2) is 54.4 Å². The third-order valence-electron chi connectivity index (χ3n) is 5.34. The molecule has 1 heterocycles. The molecule has 2 amide bonds. The Morgan fingerprint density at radius 2 is 1.53 bits per heavy atom. The maximum Gasteiger partial charge on any atom is 0.260 e. The van der Waals surface area contributed by atoms with E-state index in [-0.39, 0.29) is 24.0 Å². The van der Waals surface area contributed by atoms with Gasteiger partial charge in [-0.05, 0) is 30.0 Å². The summed E-state index contributed by atoms with van der Waals surface area (Å²) in [5.74, 6) is -0.312. The van der Waals surface area contributed by atoms with E-state index < -0.39 is 5.82 Å². The Hall–Kier alpha value is -3.41. The molecule has 6 heteroatoms. The van der Waals surface area contributed by atoms with Gasteiger partial charge in [-0.1, -0.05) is 48.5 Å². The zero-order chi connectivity index (χ0) is 20.9. The highest BCUT2D eigenvalue weighted by Crippen LogP contribution is 2.25. The molecule has 3 aromatic rings. The van der Waals surface area contributed by atoms with Crippen molar-refractivity contribution in [3.63, 3.8) is 0 Å². The van der Waals surface area contributed by atoms with Gasteiger partial charge >= 0.3 is 0 Å². The average Bonchev–Trinajstić information content (AvgIpc) is 3.04. The van der Waals surface area contributed by atoms with E-state index in [0.717, 1.165) is 10.8 Å². The minimum atomic E-state index is -0.525. The summed E-state index contributed by atoms with van der Waals surface area (Å²) in [6.07, 6.45) is 0.639. The highest BCUT2D eigenvalue weighted by Gasteiger charge is 2.24. The Morgan fingerprint density at radius 1 is 0.833 bits per heavy atom. The minimum absolute atomic E-state index is 0.0603. The number of ether oxygens (including phenoxy) is 1. The Bertz CT molecular complexity index is 1060. The lowest BCUT2D eigenvalue weighted by Crippen LogP contribution is -2.39. The second-order valence-electron chi connectivity index (χ2n) is 7.27. The van der Waals surface area contributed by atoms with E-state index >= 15 is 0 Å². The van der Waals surface area contributed by atoms with Gasteiger partial charge in [-0.25, -0.2) is 4.39 Å². The number of amides is 2. The Balaban J connectivity index is 1.37. The number of halogens is 1. The number of fused-ring (bicyclic) bond motifs is 1. The second kappa shape index (κ2) is 8.95. The van der Waals surface area contributed by atoms with Crippen molar-refractivity contribution in [3.8, 4) is 5.75 Å². The predicted octanol–water partition coefficient (Wildman–Crippen LogP) is 3.73. The number of benzene rings is 3. The van der Waals surface area contributed by atoms with Gasteiger partial charge in [-0.15, -0.1) is 0 Å². The van der Waals surface area contributed by atoms with Crippen LogP contribution >= 0.6 is 0 Å². The summed E-state index contributed by atoms with van der Waals surface area (Å²) in [6.45, 7) is 1.74. The molecule has 5 nitrogen and oxygen atoms in total. The van der Waals surface area contributed by atoms with E-state index in [9.17, 15) is 14.0 Å². The molecule has 0 aliphatic carbocycles. The van der Waals surface area contributed by atoms with Crippen molar-refractivity contribution >= 4 is 22.6 Å². The van der Waals surface area contributed by atoms with E-state index in [0.29, 0.717) is 38.3 Å². The van der Waals surface area contributed by atoms with Gasteiger partial charge in [0, 0.05) is 31.6 Å². The zero-order valence-corrected chi connectivity index (χ0v) is 16.6. The molecule has 1 aliphatic heterocycles. The first-order chi connectivity index (χ1) is 14.6. The zero-order valence-electron chi connectivity index (χ0n) is 16.6. The van der Waals surface area contributed by atoms with Gasteiger partial charge in [-0.3, -0.25) is 9.59 Å². The lowest BCUT2D eigenvalue weighted by Gasteiger charge is -2.22. The van der Waals surface area contributed by atoms with Crippen LogP contribution in [0.4, 0.5) is 4.39 Å². The van der Waals surface area contributed by atoms with Crippen molar-refractivity contribution in [3.05, 3.63) is 78.1 Å². The molecule has 154 valence electrons. The van der Waals surface area contributed by atoms with Crippen LogP contribution in [0.15, 0.2) is 66.7 Å². The Morgan fingerprint density at radius 3 is 2.40 bits per heavy atom. The monoisotopic (exact) mass is 406 g/mol. The molecule has 1 fully saturated rings. The molecule has 1 saturated heterocycles. The van der Waals surface area contributed by atoms with Crippen LogP contribution in [0.5, 0.6) is 5.75 Å². The van der Waals surface area contributed by atoms with Crippen LogP contribution < -0.4 is 4.74 Å². The van der Waals surface area contributed by atoms with Crippen molar-refractivity contribution < 1.29 is 18.7 Å².